The molecule has 0 aliphatic heterocycles. The highest BCUT2D eigenvalue weighted by Crippen LogP contribution is 2.29. The van der Waals surface area contributed by atoms with Gasteiger partial charge >= 0.3 is 5.63 Å². The Morgan fingerprint density at radius 3 is 2.62 bits per heavy atom. The summed E-state index contributed by atoms with van der Waals surface area (Å²) in [4.78, 5) is 12.3. The molecule has 1 N–H and O–H groups in total. The Kier molecular flexibility index (Phi) is 3.65. The standard InChI is InChI=1S/C18H18O3/c1-2-13(12-8-4-3-5-9-12)16-17(19)14-10-6-7-11-15(14)21-18(16)20/h3-5,8-11,13,19H,2,6-7H2,1H3. The zero-order valence-electron chi connectivity index (χ0n) is 12.0. The molecule has 1 heterocycles. The van der Waals surface area contributed by atoms with E-state index in [1.807, 2.05) is 49.4 Å². The maximum absolute atomic E-state index is 12.3. The third kappa shape index (κ3) is 2.40. The molecule has 21 heavy (non-hydrogen) atoms. The molecule has 1 unspecified atom stereocenters. The van der Waals surface area contributed by atoms with E-state index in [2.05, 4.69) is 0 Å². The van der Waals surface area contributed by atoms with Crippen molar-refractivity contribution >= 4 is 12.2 Å². The summed E-state index contributed by atoms with van der Waals surface area (Å²) in [7, 11) is 0. The Hall–Kier alpha value is -2.29. The maximum atomic E-state index is 12.3. The van der Waals surface area contributed by atoms with Gasteiger partial charge in [-0.05, 0) is 30.9 Å². The van der Waals surface area contributed by atoms with E-state index in [1.54, 1.807) is 0 Å². The summed E-state index contributed by atoms with van der Waals surface area (Å²) in [6, 6.07) is 9.77. The molecule has 1 atom stereocenters. The van der Waals surface area contributed by atoms with Gasteiger partial charge in [-0.3, -0.25) is 0 Å². The molecule has 0 radical (unpaired) electrons. The smallest absolute Gasteiger partial charge is 0.343 e. The highest BCUT2D eigenvalue weighted by Gasteiger charge is 2.22. The fourth-order valence-corrected chi connectivity index (χ4v) is 2.96. The van der Waals surface area contributed by atoms with Crippen LogP contribution in [0.4, 0.5) is 0 Å². The minimum Gasteiger partial charge on any atom is -0.507 e. The second-order valence-electron chi connectivity index (χ2n) is 5.29. The zero-order valence-corrected chi connectivity index (χ0v) is 12.0. The summed E-state index contributed by atoms with van der Waals surface area (Å²) in [5, 5.41) is 11.2. The fraction of sp³-hybridized carbons (Fsp3) is 0.278. The van der Waals surface area contributed by atoms with E-state index >= 15 is 0 Å². The summed E-state index contributed by atoms with van der Waals surface area (Å²) >= 11 is 0. The van der Waals surface area contributed by atoms with Crippen LogP contribution in [0.1, 0.15) is 43.2 Å². The van der Waals surface area contributed by atoms with Crippen LogP contribution in [0.2, 0.25) is 0 Å². The van der Waals surface area contributed by atoms with Crippen molar-refractivity contribution in [2.45, 2.75) is 32.1 Å². The van der Waals surface area contributed by atoms with Gasteiger partial charge in [-0.2, -0.15) is 0 Å². The van der Waals surface area contributed by atoms with Crippen molar-refractivity contribution in [1.82, 2.24) is 0 Å². The first-order valence-corrected chi connectivity index (χ1v) is 7.33. The number of aromatic hydroxyl groups is 1. The minimum absolute atomic E-state index is 0.0768. The van der Waals surface area contributed by atoms with Gasteiger partial charge in [0.05, 0.1) is 10.8 Å². The van der Waals surface area contributed by atoms with Crippen LogP contribution in [0, 0.1) is 0 Å². The zero-order chi connectivity index (χ0) is 14.8. The van der Waals surface area contributed by atoms with Gasteiger partial charge in [-0.1, -0.05) is 43.3 Å². The Balaban J connectivity index is 2.26. The number of fused-ring (bicyclic) bond motifs is 1. The third-order valence-corrected chi connectivity index (χ3v) is 4.00. The average Bonchev–Trinajstić information content (AvgIpc) is 2.52. The molecular formula is C18H18O3. The topological polar surface area (TPSA) is 50.4 Å². The summed E-state index contributed by atoms with van der Waals surface area (Å²) in [6.45, 7) is 2.01. The number of rotatable bonds is 3. The molecule has 108 valence electrons. The SMILES string of the molecule is CCC(c1ccccc1)c1c(O)c2c(oc1=O)=CCCC=2. The van der Waals surface area contributed by atoms with Crippen LogP contribution in [0.3, 0.4) is 0 Å². The second kappa shape index (κ2) is 5.60. The Labute approximate surface area is 122 Å². The fourth-order valence-electron chi connectivity index (χ4n) is 2.96. The van der Waals surface area contributed by atoms with Crippen LogP contribution in [-0.2, 0) is 0 Å². The molecular weight excluding hydrogens is 264 g/mol. The van der Waals surface area contributed by atoms with E-state index in [9.17, 15) is 9.90 Å². The lowest BCUT2D eigenvalue weighted by Gasteiger charge is -2.16. The number of hydrogen-bond acceptors (Lipinski definition) is 3. The molecule has 1 aliphatic carbocycles. The first kappa shape index (κ1) is 13.7. The van der Waals surface area contributed by atoms with Gasteiger partial charge in [0.15, 0.2) is 0 Å². The van der Waals surface area contributed by atoms with Crippen molar-refractivity contribution in [3.05, 3.63) is 62.5 Å². The summed E-state index contributed by atoms with van der Waals surface area (Å²) in [5.41, 5.74) is 1.44. The number of hydrogen-bond donors (Lipinski definition) is 1. The van der Waals surface area contributed by atoms with Crippen molar-refractivity contribution in [2.24, 2.45) is 0 Å². The monoisotopic (exact) mass is 282 g/mol. The van der Waals surface area contributed by atoms with Gasteiger partial charge in [0, 0.05) is 5.92 Å². The first-order chi connectivity index (χ1) is 10.2. The van der Waals surface area contributed by atoms with Gasteiger partial charge in [0.2, 0.25) is 0 Å². The average molecular weight is 282 g/mol. The molecule has 2 aromatic rings. The van der Waals surface area contributed by atoms with E-state index in [-0.39, 0.29) is 11.7 Å². The van der Waals surface area contributed by atoms with Crippen molar-refractivity contribution in [3.63, 3.8) is 0 Å². The third-order valence-electron chi connectivity index (χ3n) is 4.00. The van der Waals surface area contributed by atoms with E-state index in [0.717, 1.165) is 24.8 Å². The summed E-state index contributed by atoms with van der Waals surface area (Å²) in [5.74, 6) is -0.0732. The predicted octanol–water partition coefficient (Wildman–Crippen LogP) is 2.24. The highest BCUT2D eigenvalue weighted by atomic mass is 16.4. The van der Waals surface area contributed by atoms with Crippen molar-refractivity contribution in [3.8, 4) is 5.75 Å². The molecule has 3 nitrogen and oxygen atoms in total. The van der Waals surface area contributed by atoms with E-state index < -0.39 is 5.63 Å². The molecule has 0 saturated carbocycles. The van der Waals surface area contributed by atoms with E-state index in [0.29, 0.717) is 16.2 Å². The van der Waals surface area contributed by atoms with E-state index in [4.69, 9.17) is 4.42 Å². The molecule has 1 aromatic carbocycles. The van der Waals surface area contributed by atoms with Crippen LogP contribution < -0.4 is 16.3 Å². The van der Waals surface area contributed by atoms with E-state index in [1.165, 1.54) is 0 Å². The van der Waals surface area contributed by atoms with Gasteiger partial charge in [-0.15, -0.1) is 0 Å². The molecule has 3 heteroatoms. The molecule has 0 amide bonds. The van der Waals surface area contributed by atoms with Crippen molar-refractivity contribution in [1.29, 1.82) is 0 Å². The lowest BCUT2D eigenvalue weighted by Crippen LogP contribution is -2.34. The lowest BCUT2D eigenvalue weighted by atomic mass is 9.89. The molecule has 0 saturated heterocycles. The number of benzene rings is 1. The van der Waals surface area contributed by atoms with Crippen LogP contribution >= 0.6 is 0 Å². The van der Waals surface area contributed by atoms with Crippen LogP contribution in [0.15, 0.2) is 39.5 Å². The second-order valence-corrected chi connectivity index (χ2v) is 5.29. The molecule has 1 aliphatic rings. The molecule has 0 spiro atoms. The molecule has 0 fully saturated rings. The predicted molar refractivity (Wildman–Crippen MR) is 82.6 cm³/mol. The largest absolute Gasteiger partial charge is 0.507 e. The van der Waals surface area contributed by atoms with Crippen LogP contribution in [0.5, 0.6) is 5.75 Å². The van der Waals surface area contributed by atoms with Crippen molar-refractivity contribution < 1.29 is 9.52 Å². The Morgan fingerprint density at radius 1 is 1.19 bits per heavy atom. The normalized spacial score (nSPS) is 14.7. The molecule has 3 rings (SSSR count). The van der Waals surface area contributed by atoms with Crippen LogP contribution in [-0.4, -0.2) is 5.11 Å². The quantitative estimate of drug-likeness (QED) is 0.939. The molecule has 1 aromatic heterocycles. The maximum Gasteiger partial charge on any atom is 0.343 e. The summed E-state index contributed by atoms with van der Waals surface area (Å²) < 4.78 is 5.41. The summed E-state index contributed by atoms with van der Waals surface area (Å²) in [6.07, 6.45) is 6.23. The van der Waals surface area contributed by atoms with Gasteiger partial charge < -0.3 is 9.52 Å². The van der Waals surface area contributed by atoms with Crippen LogP contribution in [0.25, 0.3) is 12.2 Å². The molecule has 0 bridgehead atoms. The van der Waals surface area contributed by atoms with Gasteiger partial charge in [0.25, 0.3) is 0 Å². The first-order valence-electron chi connectivity index (χ1n) is 7.33. The Morgan fingerprint density at radius 2 is 1.90 bits per heavy atom. The van der Waals surface area contributed by atoms with Gasteiger partial charge in [-0.25, -0.2) is 4.79 Å². The van der Waals surface area contributed by atoms with Gasteiger partial charge in [0.1, 0.15) is 11.2 Å². The lowest BCUT2D eigenvalue weighted by molar-refractivity contribution is 0.405. The highest BCUT2D eigenvalue weighted by molar-refractivity contribution is 5.46. The van der Waals surface area contributed by atoms with Crippen molar-refractivity contribution in [2.75, 3.05) is 0 Å². The minimum atomic E-state index is -0.437. The Bertz CT molecular complexity index is 816.